The molecular formula is C13H25N3O. The molecule has 98 valence electrons. The van der Waals surface area contributed by atoms with Crippen LogP contribution in [0.3, 0.4) is 0 Å². The first kappa shape index (κ1) is 14.2. The number of unbranched alkanes of at least 4 members (excludes halogenated alkanes) is 6. The largest absolute Gasteiger partial charge is 0.387 e. The number of nitrogens with zero attached hydrogens (tertiary/aromatic N) is 3. The van der Waals surface area contributed by atoms with E-state index < -0.39 is 6.10 Å². The lowest BCUT2D eigenvalue weighted by Crippen LogP contribution is -1.98. The average Bonchev–Trinajstić information content (AvgIpc) is 2.77. The molecule has 0 bridgehead atoms. The number of aliphatic hydroxyl groups is 1. The molecule has 0 aliphatic carbocycles. The van der Waals surface area contributed by atoms with Crippen LogP contribution in [-0.2, 0) is 6.54 Å². The van der Waals surface area contributed by atoms with Crippen molar-refractivity contribution in [3.8, 4) is 0 Å². The van der Waals surface area contributed by atoms with Crippen LogP contribution in [0.1, 0.15) is 70.6 Å². The van der Waals surface area contributed by atoms with Crippen molar-refractivity contribution in [3.05, 3.63) is 11.9 Å². The summed E-state index contributed by atoms with van der Waals surface area (Å²) in [5, 5.41) is 17.2. The third-order valence-electron chi connectivity index (χ3n) is 2.98. The first-order chi connectivity index (χ1) is 8.24. The molecule has 1 rings (SSSR count). The van der Waals surface area contributed by atoms with E-state index in [2.05, 4.69) is 17.2 Å². The molecule has 0 aliphatic rings. The van der Waals surface area contributed by atoms with Crippen LogP contribution >= 0.6 is 0 Å². The van der Waals surface area contributed by atoms with Crippen molar-refractivity contribution in [2.75, 3.05) is 0 Å². The van der Waals surface area contributed by atoms with Gasteiger partial charge in [-0.25, -0.2) is 0 Å². The van der Waals surface area contributed by atoms with Crippen LogP contribution in [0, 0.1) is 0 Å². The summed E-state index contributed by atoms with van der Waals surface area (Å²) in [5.74, 6) is 0. The van der Waals surface area contributed by atoms with Crippen molar-refractivity contribution in [3.63, 3.8) is 0 Å². The molecule has 0 aromatic carbocycles. The van der Waals surface area contributed by atoms with E-state index in [0.717, 1.165) is 13.0 Å². The highest BCUT2D eigenvalue weighted by molar-refractivity contribution is 4.95. The Kier molecular flexibility index (Phi) is 6.86. The molecule has 0 radical (unpaired) electrons. The highest BCUT2D eigenvalue weighted by atomic mass is 16.3. The van der Waals surface area contributed by atoms with Gasteiger partial charge in [0.2, 0.25) is 0 Å². The fraction of sp³-hybridized carbons (Fsp3) is 0.846. The van der Waals surface area contributed by atoms with Gasteiger partial charge in [0.05, 0.1) is 12.3 Å². The van der Waals surface area contributed by atoms with Crippen LogP contribution in [0.5, 0.6) is 0 Å². The molecule has 4 heteroatoms. The molecule has 0 spiro atoms. The van der Waals surface area contributed by atoms with Gasteiger partial charge >= 0.3 is 0 Å². The standard InChI is InChI=1S/C13H25N3O/c1-3-4-5-6-7-8-9-10-16-11-13(12(2)17)14-15-16/h11-12,17H,3-10H2,1-2H3. The molecule has 1 aromatic rings. The predicted octanol–water partition coefficient (Wildman–Crippen LogP) is 3.08. The molecule has 4 nitrogen and oxygen atoms in total. The van der Waals surface area contributed by atoms with Crippen LogP contribution in [-0.4, -0.2) is 20.1 Å². The van der Waals surface area contributed by atoms with Gasteiger partial charge in [0, 0.05) is 6.54 Å². The minimum absolute atomic E-state index is 0.516. The third kappa shape index (κ3) is 5.82. The highest BCUT2D eigenvalue weighted by Gasteiger charge is 2.05. The van der Waals surface area contributed by atoms with Crippen molar-refractivity contribution in [1.82, 2.24) is 15.0 Å². The lowest BCUT2D eigenvalue weighted by Gasteiger charge is -2.01. The van der Waals surface area contributed by atoms with Crippen molar-refractivity contribution < 1.29 is 5.11 Å². The summed E-state index contributed by atoms with van der Waals surface area (Å²) in [5.41, 5.74) is 0.660. The fourth-order valence-corrected chi connectivity index (χ4v) is 1.85. The summed E-state index contributed by atoms with van der Waals surface area (Å²) in [6, 6.07) is 0. The van der Waals surface area contributed by atoms with Gasteiger partial charge in [-0.3, -0.25) is 4.68 Å². The molecule has 0 saturated carbocycles. The van der Waals surface area contributed by atoms with Gasteiger partial charge < -0.3 is 5.11 Å². The first-order valence-electron chi connectivity index (χ1n) is 6.82. The molecular weight excluding hydrogens is 214 g/mol. The van der Waals surface area contributed by atoms with Gasteiger partial charge in [0.1, 0.15) is 5.69 Å². The molecule has 1 N–H and O–H groups in total. The second kappa shape index (κ2) is 8.23. The normalized spacial score (nSPS) is 12.9. The monoisotopic (exact) mass is 239 g/mol. The second-order valence-corrected chi connectivity index (χ2v) is 4.70. The number of aromatic nitrogens is 3. The number of rotatable bonds is 9. The van der Waals surface area contributed by atoms with Gasteiger partial charge in [0.25, 0.3) is 0 Å². The van der Waals surface area contributed by atoms with Gasteiger partial charge in [-0.15, -0.1) is 5.10 Å². The molecule has 0 saturated heterocycles. The lowest BCUT2D eigenvalue weighted by atomic mass is 10.1. The molecule has 0 aliphatic heterocycles. The van der Waals surface area contributed by atoms with E-state index in [9.17, 15) is 5.11 Å². The smallest absolute Gasteiger partial charge is 0.111 e. The Labute approximate surface area is 104 Å². The van der Waals surface area contributed by atoms with Crippen molar-refractivity contribution >= 4 is 0 Å². The topological polar surface area (TPSA) is 50.9 Å². The van der Waals surface area contributed by atoms with E-state index in [-0.39, 0.29) is 0 Å². The van der Waals surface area contributed by atoms with Gasteiger partial charge in [-0.05, 0) is 13.3 Å². The minimum Gasteiger partial charge on any atom is -0.387 e. The Bertz CT molecular complexity index is 297. The molecule has 1 heterocycles. The van der Waals surface area contributed by atoms with Crippen LogP contribution < -0.4 is 0 Å². The Morgan fingerprint density at radius 2 is 1.82 bits per heavy atom. The SMILES string of the molecule is CCCCCCCCCn1cc(C(C)O)nn1. The van der Waals surface area contributed by atoms with Crippen LogP contribution in [0.2, 0.25) is 0 Å². The maximum atomic E-state index is 9.31. The predicted molar refractivity (Wildman–Crippen MR) is 68.6 cm³/mol. The summed E-state index contributed by atoms with van der Waals surface area (Å²) in [7, 11) is 0. The number of aryl methyl sites for hydroxylation is 1. The molecule has 1 unspecified atom stereocenters. The van der Waals surface area contributed by atoms with Crippen LogP contribution in [0.25, 0.3) is 0 Å². The van der Waals surface area contributed by atoms with E-state index in [1.165, 1.54) is 38.5 Å². The molecule has 0 amide bonds. The van der Waals surface area contributed by atoms with Crippen LogP contribution in [0.15, 0.2) is 6.20 Å². The first-order valence-corrected chi connectivity index (χ1v) is 6.82. The number of aliphatic hydroxyl groups excluding tert-OH is 1. The lowest BCUT2D eigenvalue weighted by molar-refractivity contribution is 0.194. The third-order valence-corrected chi connectivity index (χ3v) is 2.98. The van der Waals surface area contributed by atoms with Crippen LogP contribution in [0.4, 0.5) is 0 Å². The van der Waals surface area contributed by atoms with Gasteiger partial charge in [-0.1, -0.05) is 50.7 Å². The van der Waals surface area contributed by atoms with E-state index >= 15 is 0 Å². The molecule has 1 aromatic heterocycles. The zero-order valence-electron chi connectivity index (χ0n) is 11.1. The number of hydrogen-bond donors (Lipinski definition) is 1. The summed E-state index contributed by atoms with van der Waals surface area (Å²) in [6.07, 6.45) is 10.4. The Morgan fingerprint density at radius 1 is 1.18 bits per heavy atom. The quantitative estimate of drug-likeness (QED) is 0.674. The average molecular weight is 239 g/mol. The maximum Gasteiger partial charge on any atom is 0.111 e. The van der Waals surface area contributed by atoms with E-state index in [1.807, 2.05) is 10.9 Å². The van der Waals surface area contributed by atoms with E-state index in [1.54, 1.807) is 6.92 Å². The summed E-state index contributed by atoms with van der Waals surface area (Å²) < 4.78 is 1.83. The molecule has 17 heavy (non-hydrogen) atoms. The van der Waals surface area contributed by atoms with E-state index in [0.29, 0.717) is 5.69 Å². The Balaban J connectivity index is 2.05. The van der Waals surface area contributed by atoms with Crippen molar-refractivity contribution in [2.24, 2.45) is 0 Å². The molecule has 1 atom stereocenters. The van der Waals surface area contributed by atoms with Gasteiger partial charge in [0.15, 0.2) is 0 Å². The molecule has 0 fully saturated rings. The highest BCUT2D eigenvalue weighted by Crippen LogP contribution is 2.09. The maximum absolute atomic E-state index is 9.31. The Morgan fingerprint density at radius 3 is 2.41 bits per heavy atom. The minimum atomic E-state index is -0.516. The zero-order valence-corrected chi connectivity index (χ0v) is 11.1. The summed E-state index contributed by atoms with van der Waals surface area (Å²) >= 11 is 0. The second-order valence-electron chi connectivity index (χ2n) is 4.70. The summed E-state index contributed by atoms with van der Waals surface area (Å²) in [4.78, 5) is 0. The van der Waals surface area contributed by atoms with Crippen molar-refractivity contribution in [2.45, 2.75) is 71.4 Å². The zero-order chi connectivity index (χ0) is 12.5. The van der Waals surface area contributed by atoms with E-state index in [4.69, 9.17) is 0 Å². The summed E-state index contributed by atoms with van der Waals surface area (Å²) in [6.45, 7) is 4.86. The Hall–Kier alpha value is -0.900. The number of hydrogen-bond acceptors (Lipinski definition) is 3. The van der Waals surface area contributed by atoms with Gasteiger partial charge in [-0.2, -0.15) is 0 Å². The fourth-order valence-electron chi connectivity index (χ4n) is 1.85. The van der Waals surface area contributed by atoms with Crippen molar-refractivity contribution in [1.29, 1.82) is 0 Å².